The lowest BCUT2D eigenvalue weighted by Crippen LogP contribution is -2.04. The Labute approximate surface area is 77.2 Å². The van der Waals surface area contributed by atoms with Crippen LogP contribution in [0.1, 0.15) is 0 Å². The van der Waals surface area contributed by atoms with Crippen LogP contribution in [0.15, 0.2) is 34.5 Å². The maximum atomic E-state index is 9.94. The van der Waals surface area contributed by atoms with Gasteiger partial charge in [0.25, 0.3) is 0 Å². The van der Waals surface area contributed by atoms with Crippen molar-refractivity contribution >= 4 is 11.4 Å². The number of rotatable bonds is 2. The van der Waals surface area contributed by atoms with Crippen LogP contribution in [-0.2, 0) is 0 Å². The molecule has 0 spiro atoms. The first kappa shape index (κ1) is 9.71. The van der Waals surface area contributed by atoms with E-state index in [1.807, 2.05) is 0 Å². The van der Waals surface area contributed by atoms with Gasteiger partial charge in [-0.05, 0) is 24.3 Å². The minimum absolute atomic E-state index is 0.109. The molecule has 0 heterocycles. The highest BCUT2D eigenvalue weighted by Gasteiger charge is 2.05. The molecule has 72 valence electrons. The zero-order chi connectivity index (χ0) is 10.6. The van der Waals surface area contributed by atoms with E-state index >= 15 is 0 Å². The third kappa shape index (κ3) is 2.93. The van der Waals surface area contributed by atoms with E-state index in [1.165, 1.54) is 24.3 Å². The van der Waals surface area contributed by atoms with Gasteiger partial charge in [0.15, 0.2) is 10.1 Å². The quantitative estimate of drug-likeness (QED) is 0.361. The van der Waals surface area contributed by atoms with Crippen LogP contribution in [0.3, 0.4) is 0 Å². The van der Waals surface area contributed by atoms with Gasteiger partial charge in [-0.3, -0.25) is 0 Å². The molecule has 0 amide bonds. The van der Waals surface area contributed by atoms with E-state index in [9.17, 15) is 20.2 Å². The van der Waals surface area contributed by atoms with Gasteiger partial charge < -0.3 is 0 Å². The van der Waals surface area contributed by atoms with Crippen LogP contribution >= 0.6 is 0 Å². The van der Waals surface area contributed by atoms with Gasteiger partial charge in [-0.1, -0.05) is 0 Å². The Kier molecular flexibility index (Phi) is 2.79. The Morgan fingerprint density at radius 1 is 0.857 bits per heavy atom. The zero-order valence-corrected chi connectivity index (χ0v) is 6.73. The maximum Gasteiger partial charge on any atom is 0.191 e. The van der Waals surface area contributed by atoms with Crippen molar-refractivity contribution in [2.75, 3.05) is 0 Å². The summed E-state index contributed by atoms with van der Waals surface area (Å²) in [5.41, 5.74) is 0.217. The molecule has 0 saturated heterocycles. The predicted molar refractivity (Wildman–Crippen MR) is 47.1 cm³/mol. The molecule has 14 heavy (non-hydrogen) atoms. The van der Waals surface area contributed by atoms with E-state index in [-0.39, 0.29) is 11.4 Å². The zero-order valence-electron chi connectivity index (χ0n) is 6.73. The molecule has 0 aromatic heterocycles. The van der Waals surface area contributed by atoms with E-state index in [2.05, 4.69) is 10.2 Å². The Hall–Kier alpha value is -2.38. The second-order valence-electron chi connectivity index (χ2n) is 2.19. The second kappa shape index (κ2) is 4.03. The molecule has 8 heteroatoms. The first-order chi connectivity index (χ1) is 6.58. The highest BCUT2D eigenvalue weighted by atomic mass is 16.7. The van der Waals surface area contributed by atoms with Gasteiger partial charge in [0, 0.05) is 0 Å². The summed E-state index contributed by atoms with van der Waals surface area (Å²) in [4.78, 5) is 19.9. The standard InChI is InChI=1S/C6H4N4O4/c11-9(12)7-5-1-2-6(4-3-5)8-10(13)14/h1-4H. The third-order valence-corrected chi connectivity index (χ3v) is 1.24. The summed E-state index contributed by atoms with van der Waals surface area (Å²) in [6.07, 6.45) is 5.08. The van der Waals surface area contributed by atoms with Crippen molar-refractivity contribution in [2.24, 2.45) is 10.2 Å². The van der Waals surface area contributed by atoms with Gasteiger partial charge in [0.2, 0.25) is 0 Å². The van der Waals surface area contributed by atoms with Gasteiger partial charge in [-0.25, -0.2) is 20.2 Å². The fraction of sp³-hybridized carbons (Fsp3) is 0. The van der Waals surface area contributed by atoms with Crippen molar-refractivity contribution in [3.63, 3.8) is 0 Å². The van der Waals surface area contributed by atoms with Crippen LogP contribution in [0.5, 0.6) is 0 Å². The Morgan fingerprint density at radius 2 is 1.14 bits per heavy atom. The molecule has 0 aromatic rings. The van der Waals surface area contributed by atoms with Gasteiger partial charge in [0.05, 0.1) is 10.2 Å². The highest BCUT2D eigenvalue weighted by molar-refractivity contribution is 6.18. The highest BCUT2D eigenvalue weighted by Crippen LogP contribution is 1.98. The molecular weight excluding hydrogens is 192 g/mol. The SMILES string of the molecule is O=[N+]([O-])N=C1C=CC(=N[N+](=O)[O-])C=C1. The fourth-order valence-corrected chi connectivity index (χ4v) is 0.775. The summed E-state index contributed by atoms with van der Waals surface area (Å²) in [5, 5.41) is 24.2. The van der Waals surface area contributed by atoms with Crippen LogP contribution in [-0.4, -0.2) is 21.5 Å². The smallest absolute Gasteiger partial charge is 0.191 e. The first-order valence-electron chi connectivity index (χ1n) is 3.40. The molecule has 0 bridgehead atoms. The van der Waals surface area contributed by atoms with Crippen molar-refractivity contribution < 1.29 is 10.1 Å². The first-order valence-corrected chi connectivity index (χ1v) is 3.40. The Balaban J connectivity index is 2.80. The lowest BCUT2D eigenvalue weighted by atomic mass is 10.1. The predicted octanol–water partition coefficient (Wildman–Crippen LogP) is 0.378. The van der Waals surface area contributed by atoms with Crippen molar-refractivity contribution in [1.29, 1.82) is 0 Å². The minimum atomic E-state index is -0.848. The summed E-state index contributed by atoms with van der Waals surface area (Å²) < 4.78 is 0. The molecule has 1 aliphatic carbocycles. The number of hydrogen-bond donors (Lipinski definition) is 0. The van der Waals surface area contributed by atoms with Crippen LogP contribution < -0.4 is 0 Å². The number of allylic oxidation sites excluding steroid dienone is 4. The van der Waals surface area contributed by atoms with Crippen molar-refractivity contribution in [3.8, 4) is 0 Å². The summed E-state index contributed by atoms with van der Waals surface area (Å²) in [5.74, 6) is 0. The summed E-state index contributed by atoms with van der Waals surface area (Å²) in [6.45, 7) is 0. The molecule has 8 nitrogen and oxygen atoms in total. The van der Waals surface area contributed by atoms with Gasteiger partial charge in [-0.2, -0.15) is 0 Å². The number of hydrazone groups is 2. The molecule has 0 atom stereocenters. The molecule has 1 rings (SSSR count). The number of nitrogens with zero attached hydrogens (tertiary/aromatic N) is 4. The molecule has 0 unspecified atom stereocenters. The number of nitro groups is 2. The summed E-state index contributed by atoms with van der Waals surface area (Å²) >= 11 is 0. The molecule has 0 aromatic carbocycles. The summed E-state index contributed by atoms with van der Waals surface area (Å²) in [6, 6.07) is 0. The molecule has 0 fully saturated rings. The van der Waals surface area contributed by atoms with E-state index in [4.69, 9.17) is 0 Å². The van der Waals surface area contributed by atoms with Crippen molar-refractivity contribution in [1.82, 2.24) is 0 Å². The van der Waals surface area contributed by atoms with E-state index in [0.29, 0.717) is 0 Å². The monoisotopic (exact) mass is 196 g/mol. The lowest BCUT2D eigenvalue weighted by Gasteiger charge is -1.94. The topological polar surface area (TPSA) is 111 Å². The van der Waals surface area contributed by atoms with Crippen molar-refractivity contribution in [2.45, 2.75) is 0 Å². The largest absolute Gasteiger partial charge is 0.233 e. The molecule has 0 N–H and O–H groups in total. The maximum absolute atomic E-state index is 9.94. The van der Waals surface area contributed by atoms with Crippen LogP contribution in [0.2, 0.25) is 0 Å². The second-order valence-corrected chi connectivity index (χ2v) is 2.19. The minimum Gasteiger partial charge on any atom is -0.233 e. The van der Waals surface area contributed by atoms with Crippen LogP contribution in [0, 0.1) is 20.2 Å². The van der Waals surface area contributed by atoms with E-state index in [1.54, 1.807) is 0 Å². The lowest BCUT2D eigenvalue weighted by molar-refractivity contribution is -0.485. The summed E-state index contributed by atoms with van der Waals surface area (Å²) in [7, 11) is 0. The Bertz CT molecular complexity index is 339. The fourth-order valence-electron chi connectivity index (χ4n) is 0.775. The normalized spacial score (nSPS) is 14.0. The third-order valence-electron chi connectivity index (χ3n) is 1.24. The van der Waals surface area contributed by atoms with Crippen LogP contribution in [0.25, 0.3) is 0 Å². The molecular formula is C6H4N4O4. The molecule has 0 saturated carbocycles. The van der Waals surface area contributed by atoms with Gasteiger partial charge >= 0.3 is 0 Å². The average molecular weight is 196 g/mol. The van der Waals surface area contributed by atoms with E-state index < -0.39 is 10.1 Å². The van der Waals surface area contributed by atoms with Crippen molar-refractivity contribution in [3.05, 3.63) is 44.5 Å². The van der Waals surface area contributed by atoms with Gasteiger partial charge in [-0.15, -0.1) is 0 Å². The van der Waals surface area contributed by atoms with Crippen LogP contribution in [0.4, 0.5) is 0 Å². The molecule has 0 aliphatic heterocycles. The Morgan fingerprint density at radius 3 is 1.36 bits per heavy atom. The molecule has 0 radical (unpaired) electrons. The number of hydrogen-bond acceptors (Lipinski definition) is 4. The van der Waals surface area contributed by atoms with Gasteiger partial charge in [0.1, 0.15) is 11.4 Å². The average Bonchev–Trinajstić information content (AvgIpc) is 2.06. The van der Waals surface area contributed by atoms with E-state index in [0.717, 1.165) is 0 Å². The molecule has 1 aliphatic rings.